The summed E-state index contributed by atoms with van der Waals surface area (Å²) < 4.78 is 0. The highest BCUT2D eigenvalue weighted by atomic mass is 16.4. The van der Waals surface area contributed by atoms with E-state index in [0.29, 0.717) is 12.3 Å². The average molecular weight is 364 g/mol. The second-order valence-corrected chi connectivity index (χ2v) is 7.58. The smallest absolute Gasteiger partial charge is 0.314 e. The Morgan fingerprint density at radius 2 is 1.52 bits per heavy atom. The fraction of sp³-hybridized carbons (Fsp3) is 0.417. The zero-order valence-corrected chi connectivity index (χ0v) is 15.9. The highest BCUT2D eigenvalue weighted by Gasteiger charge is 2.35. The number of carbonyl (C=O) groups is 2. The lowest BCUT2D eigenvalue weighted by atomic mass is 9.74. The van der Waals surface area contributed by atoms with Crippen LogP contribution in [0.1, 0.15) is 55.2 Å². The van der Waals surface area contributed by atoms with Gasteiger partial charge in [0.1, 0.15) is 11.7 Å². The van der Waals surface area contributed by atoms with E-state index in [0.717, 1.165) is 43.2 Å². The third-order valence-corrected chi connectivity index (χ3v) is 5.97. The summed E-state index contributed by atoms with van der Waals surface area (Å²) in [6, 6.07) is 18.3. The molecule has 2 aromatic rings. The number of carbonyl (C=O) groups excluding carboxylic acids is 1. The van der Waals surface area contributed by atoms with Crippen LogP contribution in [0, 0.1) is 11.8 Å². The SMILES string of the molecule is CCc1ccccc1CC(C(=O)O)C(=O)C1CCC(c2ccccc2)CC1. The molecule has 0 heterocycles. The molecule has 3 rings (SSSR count). The molecule has 0 spiro atoms. The van der Waals surface area contributed by atoms with Gasteiger partial charge in [0, 0.05) is 5.92 Å². The fourth-order valence-electron chi connectivity index (χ4n) is 4.35. The molecule has 142 valence electrons. The molecule has 1 N–H and O–H groups in total. The number of hydrogen-bond acceptors (Lipinski definition) is 2. The maximum Gasteiger partial charge on any atom is 0.314 e. The third kappa shape index (κ3) is 4.65. The first-order chi connectivity index (χ1) is 13.1. The van der Waals surface area contributed by atoms with Crippen molar-refractivity contribution in [3.63, 3.8) is 0 Å². The molecule has 1 aliphatic carbocycles. The first-order valence-corrected chi connectivity index (χ1v) is 9.98. The molecule has 3 heteroatoms. The maximum atomic E-state index is 13.0. The molecule has 0 radical (unpaired) electrons. The molecule has 27 heavy (non-hydrogen) atoms. The van der Waals surface area contributed by atoms with E-state index in [2.05, 4.69) is 31.2 Å². The quantitative estimate of drug-likeness (QED) is 0.701. The number of aryl methyl sites for hydroxylation is 1. The van der Waals surface area contributed by atoms with E-state index in [4.69, 9.17) is 0 Å². The van der Waals surface area contributed by atoms with Crippen molar-refractivity contribution in [2.24, 2.45) is 11.8 Å². The van der Waals surface area contributed by atoms with Crippen LogP contribution < -0.4 is 0 Å². The van der Waals surface area contributed by atoms with Gasteiger partial charge in [-0.15, -0.1) is 0 Å². The average Bonchev–Trinajstić information content (AvgIpc) is 2.72. The van der Waals surface area contributed by atoms with Crippen molar-refractivity contribution in [2.75, 3.05) is 0 Å². The van der Waals surface area contributed by atoms with Crippen molar-refractivity contribution in [3.8, 4) is 0 Å². The highest BCUT2D eigenvalue weighted by Crippen LogP contribution is 2.37. The summed E-state index contributed by atoms with van der Waals surface area (Å²) in [4.78, 5) is 24.9. The highest BCUT2D eigenvalue weighted by molar-refractivity contribution is 5.99. The van der Waals surface area contributed by atoms with Crippen molar-refractivity contribution in [1.82, 2.24) is 0 Å². The van der Waals surface area contributed by atoms with Gasteiger partial charge in [-0.2, -0.15) is 0 Å². The van der Waals surface area contributed by atoms with Gasteiger partial charge >= 0.3 is 5.97 Å². The van der Waals surface area contributed by atoms with Gasteiger partial charge in [0.2, 0.25) is 0 Å². The monoisotopic (exact) mass is 364 g/mol. The van der Waals surface area contributed by atoms with E-state index in [-0.39, 0.29) is 11.7 Å². The predicted octanol–water partition coefficient (Wildman–Crippen LogP) is 5.04. The number of aliphatic carboxylic acids is 1. The minimum atomic E-state index is -0.990. The predicted molar refractivity (Wildman–Crippen MR) is 107 cm³/mol. The van der Waals surface area contributed by atoms with E-state index in [9.17, 15) is 14.7 Å². The summed E-state index contributed by atoms with van der Waals surface area (Å²) in [7, 11) is 0. The topological polar surface area (TPSA) is 54.4 Å². The van der Waals surface area contributed by atoms with Gasteiger partial charge in [-0.25, -0.2) is 0 Å². The molecule has 1 aliphatic rings. The Balaban J connectivity index is 1.66. The Labute approximate surface area is 161 Å². The Bertz CT molecular complexity index is 773. The van der Waals surface area contributed by atoms with Crippen molar-refractivity contribution in [1.29, 1.82) is 0 Å². The van der Waals surface area contributed by atoms with Gasteiger partial charge in [-0.1, -0.05) is 61.5 Å². The molecule has 0 bridgehead atoms. The van der Waals surface area contributed by atoms with Gasteiger partial charge in [0.05, 0.1) is 0 Å². The second-order valence-electron chi connectivity index (χ2n) is 7.58. The van der Waals surface area contributed by atoms with Gasteiger partial charge in [-0.3, -0.25) is 9.59 Å². The lowest BCUT2D eigenvalue weighted by Gasteiger charge is -2.29. The van der Waals surface area contributed by atoms with Gasteiger partial charge < -0.3 is 5.11 Å². The number of ketones is 1. The van der Waals surface area contributed by atoms with Crippen LogP contribution in [0.4, 0.5) is 0 Å². The lowest BCUT2D eigenvalue weighted by Crippen LogP contribution is -2.33. The van der Waals surface area contributed by atoms with Crippen molar-refractivity contribution < 1.29 is 14.7 Å². The Kier molecular flexibility index (Phi) is 6.44. The number of hydrogen-bond donors (Lipinski definition) is 1. The zero-order valence-electron chi connectivity index (χ0n) is 15.9. The van der Waals surface area contributed by atoms with E-state index in [1.165, 1.54) is 5.56 Å². The number of carboxylic acid groups (broad SMARTS) is 1. The molecule has 1 saturated carbocycles. The molecule has 2 aromatic carbocycles. The number of Topliss-reactive ketones (excluding diaryl/α,β-unsaturated/α-hetero) is 1. The molecule has 1 fully saturated rings. The number of carboxylic acids is 1. The lowest BCUT2D eigenvalue weighted by molar-refractivity contribution is -0.147. The van der Waals surface area contributed by atoms with Crippen LogP contribution >= 0.6 is 0 Å². The van der Waals surface area contributed by atoms with Crippen LogP contribution in [0.15, 0.2) is 54.6 Å². The van der Waals surface area contributed by atoms with Gasteiger partial charge in [0.15, 0.2) is 0 Å². The molecule has 0 aromatic heterocycles. The first-order valence-electron chi connectivity index (χ1n) is 9.98. The molecule has 0 aliphatic heterocycles. The Morgan fingerprint density at radius 1 is 0.926 bits per heavy atom. The summed E-state index contributed by atoms with van der Waals surface area (Å²) in [5, 5.41) is 9.71. The standard InChI is InChI=1S/C24H28O3/c1-2-17-8-6-7-11-21(17)16-22(24(26)27)23(25)20-14-12-19(13-15-20)18-9-4-3-5-10-18/h3-11,19-20,22H,2,12-16H2,1H3,(H,26,27). The zero-order chi connectivity index (χ0) is 19.2. The van der Waals surface area contributed by atoms with E-state index >= 15 is 0 Å². The van der Waals surface area contributed by atoms with Crippen LogP contribution in [-0.2, 0) is 22.4 Å². The van der Waals surface area contributed by atoms with Gasteiger partial charge in [0.25, 0.3) is 0 Å². The summed E-state index contributed by atoms with van der Waals surface area (Å²) in [5.41, 5.74) is 3.44. The van der Waals surface area contributed by atoms with Crippen LogP contribution in [-0.4, -0.2) is 16.9 Å². The molecule has 0 saturated heterocycles. The summed E-state index contributed by atoms with van der Waals surface area (Å²) in [5.74, 6) is -1.65. The molecule has 3 nitrogen and oxygen atoms in total. The minimum Gasteiger partial charge on any atom is -0.481 e. The number of rotatable bonds is 7. The van der Waals surface area contributed by atoms with E-state index in [1.54, 1.807) is 0 Å². The Morgan fingerprint density at radius 3 is 2.11 bits per heavy atom. The fourth-order valence-corrected chi connectivity index (χ4v) is 4.35. The van der Waals surface area contributed by atoms with Crippen molar-refractivity contribution in [3.05, 3.63) is 71.3 Å². The molecule has 1 unspecified atom stereocenters. The largest absolute Gasteiger partial charge is 0.481 e. The van der Waals surface area contributed by atoms with Crippen LogP contribution in [0.5, 0.6) is 0 Å². The van der Waals surface area contributed by atoms with Crippen molar-refractivity contribution in [2.45, 2.75) is 51.4 Å². The van der Waals surface area contributed by atoms with Crippen LogP contribution in [0.3, 0.4) is 0 Å². The summed E-state index contributed by atoms with van der Waals surface area (Å²) in [6.45, 7) is 2.06. The first kappa shape index (κ1) is 19.3. The number of benzene rings is 2. The third-order valence-electron chi connectivity index (χ3n) is 5.97. The summed E-state index contributed by atoms with van der Waals surface area (Å²) in [6.07, 6.45) is 4.64. The second kappa shape index (κ2) is 8.98. The normalized spacial score (nSPS) is 20.8. The maximum absolute atomic E-state index is 13.0. The molecule has 1 atom stereocenters. The molecular weight excluding hydrogens is 336 g/mol. The molecule has 0 amide bonds. The van der Waals surface area contributed by atoms with Crippen LogP contribution in [0.25, 0.3) is 0 Å². The van der Waals surface area contributed by atoms with Crippen LogP contribution in [0.2, 0.25) is 0 Å². The summed E-state index contributed by atoms with van der Waals surface area (Å²) >= 11 is 0. The van der Waals surface area contributed by atoms with Crippen molar-refractivity contribution >= 4 is 11.8 Å². The molecular formula is C24H28O3. The van der Waals surface area contributed by atoms with E-state index < -0.39 is 11.9 Å². The Hall–Kier alpha value is -2.42. The van der Waals surface area contributed by atoms with E-state index in [1.807, 2.05) is 30.3 Å². The van der Waals surface area contributed by atoms with Gasteiger partial charge in [-0.05, 0) is 61.1 Å². The minimum absolute atomic E-state index is 0.0834.